The number of hydrogen-bond donors (Lipinski definition) is 0. The van der Waals surface area contributed by atoms with Crippen LogP contribution in [0.2, 0.25) is 0 Å². The van der Waals surface area contributed by atoms with Crippen molar-refractivity contribution in [1.82, 2.24) is 4.98 Å². The molecule has 3 aliphatic rings. The van der Waals surface area contributed by atoms with Crippen molar-refractivity contribution in [2.45, 2.75) is 43.9 Å². The Bertz CT molecular complexity index is 546. The van der Waals surface area contributed by atoms with Crippen LogP contribution >= 0.6 is 0 Å². The van der Waals surface area contributed by atoms with Crippen molar-refractivity contribution in [3.05, 3.63) is 65.0 Å². The lowest BCUT2D eigenvalue weighted by atomic mass is 9.32. The van der Waals surface area contributed by atoms with Crippen molar-refractivity contribution in [3.8, 4) is 0 Å². The Hall–Kier alpha value is -1.63. The van der Waals surface area contributed by atoms with Gasteiger partial charge in [-0.05, 0) is 61.1 Å². The first-order valence-corrected chi connectivity index (χ1v) is 7.12. The summed E-state index contributed by atoms with van der Waals surface area (Å²) in [6, 6.07) is 13.6. The lowest BCUT2D eigenvalue weighted by molar-refractivity contribution is -0.0695. The summed E-state index contributed by atoms with van der Waals surface area (Å²) in [7, 11) is 0. The van der Waals surface area contributed by atoms with Crippen molar-refractivity contribution in [1.29, 1.82) is 0 Å². The van der Waals surface area contributed by atoms with Gasteiger partial charge in [-0.25, -0.2) is 0 Å². The Balaban J connectivity index is 1.58. The summed E-state index contributed by atoms with van der Waals surface area (Å²) in [5.74, 6) is 0. The Kier molecular flexibility index (Phi) is 2.05. The normalized spacial score (nSPS) is 31.5. The van der Waals surface area contributed by atoms with Gasteiger partial charge in [0.1, 0.15) is 0 Å². The number of rotatable bonds is 2. The van der Waals surface area contributed by atoms with E-state index in [9.17, 15) is 0 Å². The molecular formula is C18H19N. The van der Waals surface area contributed by atoms with Gasteiger partial charge in [0.05, 0.1) is 0 Å². The van der Waals surface area contributed by atoms with Gasteiger partial charge in [0.25, 0.3) is 0 Å². The molecule has 1 heterocycles. The number of pyridine rings is 1. The molecule has 0 unspecified atom stereocenters. The monoisotopic (exact) mass is 249 g/mol. The van der Waals surface area contributed by atoms with Crippen LogP contribution in [0.25, 0.3) is 0 Å². The highest BCUT2D eigenvalue weighted by molar-refractivity contribution is 5.48. The fraction of sp³-hybridized carbons (Fsp3) is 0.389. The summed E-state index contributed by atoms with van der Waals surface area (Å²) in [4.78, 5) is 4.46. The van der Waals surface area contributed by atoms with Gasteiger partial charge in [-0.3, -0.25) is 4.98 Å². The van der Waals surface area contributed by atoms with Crippen LogP contribution in [0, 0.1) is 13.8 Å². The van der Waals surface area contributed by atoms with E-state index in [4.69, 9.17) is 0 Å². The van der Waals surface area contributed by atoms with Crippen LogP contribution in [0.5, 0.6) is 0 Å². The van der Waals surface area contributed by atoms with Crippen molar-refractivity contribution in [2.75, 3.05) is 0 Å². The maximum atomic E-state index is 4.46. The van der Waals surface area contributed by atoms with Gasteiger partial charge in [-0.1, -0.05) is 35.9 Å². The van der Waals surface area contributed by atoms with Crippen molar-refractivity contribution < 1.29 is 0 Å². The molecule has 0 amide bonds. The molecule has 1 aromatic carbocycles. The first kappa shape index (κ1) is 11.2. The fourth-order valence-electron chi connectivity index (χ4n) is 4.09. The van der Waals surface area contributed by atoms with E-state index in [-0.39, 0.29) is 0 Å². The molecule has 1 heteroatoms. The molecule has 0 aliphatic heterocycles. The summed E-state index contributed by atoms with van der Waals surface area (Å²) in [5, 5.41) is 0. The highest BCUT2D eigenvalue weighted by Gasteiger charge is 2.68. The third-order valence-corrected chi connectivity index (χ3v) is 5.22. The zero-order valence-electron chi connectivity index (χ0n) is 11.6. The number of aromatic nitrogens is 1. The summed E-state index contributed by atoms with van der Waals surface area (Å²) >= 11 is 0. The van der Waals surface area contributed by atoms with E-state index in [0.29, 0.717) is 10.8 Å². The molecule has 0 saturated heterocycles. The van der Waals surface area contributed by atoms with Gasteiger partial charge in [0.15, 0.2) is 0 Å². The van der Waals surface area contributed by atoms with Gasteiger partial charge in [-0.2, -0.15) is 0 Å². The van der Waals surface area contributed by atoms with E-state index in [1.807, 2.05) is 0 Å². The van der Waals surface area contributed by atoms with Crippen LogP contribution in [-0.4, -0.2) is 4.98 Å². The van der Waals surface area contributed by atoms with E-state index in [2.05, 4.69) is 61.4 Å². The molecule has 0 radical (unpaired) electrons. The lowest BCUT2D eigenvalue weighted by Crippen LogP contribution is -2.67. The molecule has 2 bridgehead atoms. The van der Waals surface area contributed by atoms with Crippen LogP contribution in [-0.2, 0) is 10.8 Å². The summed E-state index contributed by atoms with van der Waals surface area (Å²) < 4.78 is 0. The van der Waals surface area contributed by atoms with E-state index in [0.717, 1.165) is 5.69 Å². The van der Waals surface area contributed by atoms with E-state index < -0.39 is 0 Å². The van der Waals surface area contributed by atoms with Gasteiger partial charge in [0.2, 0.25) is 0 Å². The maximum absolute atomic E-state index is 4.46. The topological polar surface area (TPSA) is 12.9 Å². The van der Waals surface area contributed by atoms with Crippen LogP contribution in [0.1, 0.15) is 41.6 Å². The second-order valence-electron chi connectivity index (χ2n) is 6.65. The fourth-order valence-corrected chi connectivity index (χ4v) is 4.09. The van der Waals surface area contributed by atoms with Crippen molar-refractivity contribution >= 4 is 0 Å². The summed E-state index contributed by atoms with van der Waals surface area (Å²) in [6.45, 7) is 4.21. The van der Waals surface area contributed by atoms with Crippen molar-refractivity contribution in [2.24, 2.45) is 0 Å². The number of benzene rings is 1. The molecule has 19 heavy (non-hydrogen) atoms. The van der Waals surface area contributed by atoms with Gasteiger partial charge in [-0.15, -0.1) is 0 Å². The molecule has 0 spiro atoms. The van der Waals surface area contributed by atoms with Gasteiger partial charge in [0, 0.05) is 11.9 Å². The Labute approximate surface area is 114 Å². The SMILES string of the molecule is Cc1ccc(C23CC(c4ccc(C)nc4)(C2)C3)cc1. The van der Waals surface area contributed by atoms with Crippen LogP contribution in [0.4, 0.5) is 0 Å². The standard InChI is InChI=1S/C18H19N/c1-13-3-6-15(7-4-13)17-10-18(11-17,12-17)16-8-5-14(2)19-9-16/h3-9H,10-12H2,1-2H3. The lowest BCUT2D eigenvalue weighted by Gasteiger charge is -2.71. The average Bonchev–Trinajstić information content (AvgIpc) is 2.31. The largest absolute Gasteiger partial charge is 0.261 e. The molecule has 1 nitrogen and oxygen atoms in total. The van der Waals surface area contributed by atoms with E-state index in [1.165, 1.54) is 30.4 Å². The third-order valence-electron chi connectivity index (χ3n) is 5.22. The Morgan fingerprint density at radius 1 is 0.789 bits per heavy atom. The first-order valence-electron chi connectivity index (χ1n) is 7.12. The number of aryl methyl sites for hydroxylation is 2. The Morgan fingerprint density at radius 3 is 1.95 bits per heavy atom. The van der Waals surface area contributed by atoms with Crippen LogP contribution < -0.4 is 0 Å². The molecule has 1 aromatic heterocycles. The second kappa shape index (κ2) is 3.47. The predicted octanol–water partition coefficient (Wildman–Crippen LogP) is 4.07. The molecule has 3 saturated carbocycles. The molecule has 5 rings (SSSR count). The summed E-state index contributed by atoms with van der Waals surface area (Å²) in [5.41, 5.74) is 6.40. The van der Waals surface area contributed by atoms with Crippen molar-refractivity contribution in [3.63, 3.8) is 0 Å². The Morgan fingerprint density at radius 2 is 1.37 bits per heavy atom. The predicted molar refractivity (Wildman–Crippen MR) is 77.4 cm³/mol. The van der Waals surface area contributed by atoms with Crippen LogP contribution in [0.3, 0.4) is 0 Å². The number of nitrogens with zero attached hydrogens (tertiary/aromatic N) is 1. The molecule has 0 N–H and O–H groups in total. The van der Waals surface area contributed by atoms with Gasteiger partial charge < -0.3 is 0 Å². The smallest absolute Gasteiger partial charge is 0.0372 e. The first-order chi connectivity index (χ1) is 9.12. The molecule has 0 atom stereocenters. The minimum atomic E-state index is 0.450. The zero-order valence-corrected chi connectivity index (χ0v) is 11.6. The molecule has 3 fully saturated rings. The van der Waals surface area contributed by atoms with Crippen LogP contribution in [0.15, 0.2) is 42.6 Å². The minimum Gasteiger partial charge on any atom is -0.261 e. The third kappa shape index (κ3) is 1.44. The van der Waals surface area contributed by atoms with Gasteiger partial charge >= 0.3 is 0 Å². The average molecular weight is 249 g/mol. The summed E-state index contributed by atoms with van der Waals surface area (Å²) in [6.07, 6.45) is 6.03. The highest BCUT2D eigenvalue weighted by atomic mass is 14.7. The highest BCUT2D eigenvalue weighted by Crippen LogP contribution is 2.73. The molecule has 3 aliphatic carbocycles. The maximum Gasteiger partial charge on any atom is 0.0372 e. The minimum absolute atomic E-state index is 0.450. The zero-order chi connectivity index (χ0) is 13.1. The quantitative estimate of drug-likeness (QED) is 0.781. The molecular weight excluding hydrogens is 230 g/mol. The van der Waals surface area contributed by atoms with E-state index >= 15 is 0 Å². The molecule has 2 aromatic rings. The number of hydrogen-bond acceptors (Lipinski definition) is 1. The molecule has 96 valence electrons. The second-order valence-corrected chi connectivity index (χ2v) is 6.65. The van der Waals surface area contributed by atoms with E-state index in [1.54, 1.807) is 5.56 Å².